The molecule has 0 aromatic heterocycles. The first-order chi connectivity index (χ1) is 21.3. The monoisotopic (exact) mass is 638 g/mol. The SMILES string of the molecule is CCCCOc1ccc(C#Cc2cc(F)c(C(F)(F)Oc3cc(F)c(C#CC4=CC(F)C(F)C(F)=C4)c(F)c3)c(F)c2)c(F)c1. The molecule has 0 amide bonds. The van der Waals surface area contributed by atoms with Crippen molar-refractivity contribution in [1.29, 1.82) is 0 Å². The minimum Gasteiger partial charge on any atom is -0.493 e. The van der Waals surface area contributed by atoms with Crippen molar-refractivity contribution in [3.05, 3.63) is 117 Å². The highest BCUT2D eigenvalue weighted by Crippen LogP contribution is 2.36. The molecule has 234 valence electrons. The average Bonchev–Trinajstić information content (AvgIpc) is 2.94. The Bertz CT molecular complexity index is 1740. The maximum absolute atomic E-state index is 14.8. The summed E-state index contributed by atoms with van der Waals surface area (Å²) in [5, 5.41) is 0. The lowest BCUT2D eigenvalue weighted by Gasteiger charge is -2.20. The summed E-state index contributed by atoms with van der Waals surface area (Å²) in [6, 6.07) is 5.14. The smallest absolute Gasteiger partial charge is 0.432 e. The molecule has 0 bridgehead atoms. The van der Waals surface area contributed by atoms with Gasteiger partial charge >= 0.3 is 6.11 Å². The van der Waals surface area contributed by atoms with Gasteiger partial charge in [0, 0.05) is 29.3 Å². The fourth-order valence-corrected chi connectivity index (χ4v) is 3.91. The third kappa shape index (κ3) is 8.01. The van der Waals surface area contributed by atoms with Crippen molar-refractivity contribution in [2.75, 3.05) is 6.61 Å². The summed E-state index contributed by atoms with van der Waals surface area (Å²) in [7, 11) is 0. The van der Waals surface area contributed by atoms with E-state index in [4.69, 9.17) is 4.74 Å². The summed E-state index contributed by atoms with van der Waals surface area (Å²) in [4.78, 5) is 0. The number of hydrogen-bond acceptors (Lipinski definition) is 2. The Morgan fingerprint density at radius 2 is 1.40 bits per heavy atom. The van der Waals surface area contributed by atoms with Gasteiger partial charge in [-0.1, -0.05) is 37.0 Å². The van der Waals surface area contributed by atoms with E-state index in [1.54, 1.807) is 0 Å². The fraction of sp³-hybridized carbons (Fsp3) is 0.212. The van der Waals surface area contributed by atoms with Crippen molar-refractivity contribution in [3.63, 3.8) is 0 Å². The molecule has 0 fully saturated rings. The van der Waals surface area contributed by atoms with E-state index in [9.17, 15) is 43.9 Å². The third-order valence-electron chi connectivity index (χ3n) is 6.15. The van der Waals surface area contributed by atoms with Gasteiger partial charge in [0.05, 0.1) is 17.7 Å². The molecular formula is C33H20F10O2. The van der Waals surface area contributed by atoms with Crippen LogP contribution in [-0.2, 0) is 6.11 Å². The molecule has 45 heavy (non-hydrogen) atoms. The van der Waals surface area contributed by atoms with Crippen molar-refractivity contribution in [1.82, 2.24) is 0 Å². The van der Waals surface area contributed by atoms with Crippen LogP contribution in [0.2, 0.25) is 0 Å². The maximum atomic E-state index is 14.8. The maximum Gasteiger partial charge on any atom is 0.432 e. The van der Waals surface area contributed by atoms with Gasteiger partial charge in [0.1, 0.15) is 52.0 Å². The Hall–Kier alpha value is -4.84. The van der Waals surface area contributed by atoms with Gasteiger partial charge in [-0.25, -0.2) is 35.1 Å². The molecule has 4 rings (SSSR count). The van der Waals surface area contributed by atoms with Crippen molar-refractivity contribution >= 4 is 0 Å². The standard InChI is InChI=1S/C33H20F10O2/c1-2-3-10-44-21-8-7-20(24(34)15-21)6-4-18-11-27(37)31(28(38)12-18)33(42,43)45-22-16-25(35)23(26(36)17-22)9-5-19-13-29(39)32(41)30(40)14-19/h7-8,11-17,29,32H,2-3,10H2,1H3. The second kappa shape index (κ2) is 13.9. The minimum atomic E-state index is -4.79. The Kier molecular flexibility index (Phi) is 10.2. The predicted molar refractivity (Wildman–Crippen MR) is 144 cm³/mol. The van der Waals surface area contributed by atoms with Gasteiger partial charge in [0.15, 0.2) is 12.3 Å². The first kappa shape index (κ1) is 33.1. The lowest BCUT2D eigenvalue weighted by molar-refractivity contribution is -0.189. The largest absolute Gasteiger partial charge is 0.493 e. The second-order valence-electron chi connectivity index (χ2n) is 9.54. The zero-order chi connectivity index (χ0) is 32.9. The lowest BCUT2D eigenvalue weighted by atomic mass is 10.0. The van der Waals surface area contributed by atoms with E-state index in [1.807, 2.05) is 18.8 Å². The zero-order valence-corrected chi connectivity index (χ0v) is 23.1. The number of halogens is 10. The van der Waals surface area contributed by atoms with Crippen molar-refractivity contribution in [3.8, 4) is 35.2 Å². The highest BCUT2D eigenvalue weighted by molar-refractivity contribution is 5.50. The van der Waals surface area contributed by atoms with Gasteiger partial charge in [-0.2, -0.15) is 8.78 Å². The van der Waals surface area contributed by atoms with E-state index >= 15 is 0 Å². The van der Waals surface area contributed by atoms with Crippen LogP contribution in [-0.4, -0.2) is 19.0 Å². The fourth-order valence-electron chi connectivity index (χ4n) is 3.91. The van der Waals surface area contributed by atoms with E-state index in [0.717, 1.165) is 18.9 Å². The van der Waals surface area contributed by atoms with Crippen LogP contribution in [0.15, 0.2) is 66.0 Å². The molecule has 0 heterocycles. The van der Waals surface area contributed by atoms with Crippen LogP contribution in [0.5, 0.6) is 11.5 Å². The van der Waals surface area contributed by atoms with Gasteiger partial charge in [-0.15, -0.1) is 0 Å². The summed E-state index contributed by atoms with van der Waals surface area (Å²) in [5.41, 5.74) is -3.95. The van der Waals surface area contributed by atoms with Gasteiger partial charge in [0.2, 0.25) is 0 Å². The van der Waals surface area contributed by atoms with Crippen LogP contribution in [0.3, 0.4) is 0 Å². The summed E-state index contributed by atoms with van der Waals surface area (Å²) < 4.78 is 152. The molecule has 0 spiro atoms. The number of rotatable bonds is 7. The minimum absolute atomic E-state index is 0.160. The van der Waals surface area contributed by atoms with Gasteiger partial charge < -0.3 is 9.47 Å². The molecule has 0 radical (unpaired) electrons. The number of alkyl halides is 4. The zero-order valence-electron chi connectivity index (χ0n) is 23.1. The van der Waals surface area contributed by atoms with Crippen molar-refractivity contribution in [2.24, 2.45) is 0 Å². The normalized spacial score (nSPS) is 16.1. The highest BCUT2D eigenvalue weighted by atomic mass is 19.3. The summed E-state index contributed by atoms with van der Waals surface area (Å²) in [5.74, 6) is -1.42. The Morgan fingerprint density at radius 3 is 2.00 bits per heavy atom. The van der Waals surface area contributed by atoms with E-state index in [-0.39, 0.29) is 23.4 Å². The molecular weight excluding hydrogens is 618 g/mol. The first-order valence-electron chi connectivity index (χ1n) is 13.2. The molecule has 12 heteroatoms. The van der Waals surface area contributed by atoms with Crippen LogP contribution in [0, 0.1) is 52.8 Å². The summed E-state index contributed by atoms with van der Waals surface area (Å²) >= 11 is 0. The molecule has 3 aromatic rings. The van der Waals surface area contributed by atoms with Crippen LogP contribution < -0.4 is 9.47 Å². The Labute approximate surface area is 251 Å². The van der Waals surface area contributed by atoms with E-state index < -0.39 is 81.4 Å². The van der Waals surface area contributed by atoms with Crippen molar-refractivity contribution < 1.29 is 53.4 Å². The molecule has 3 aromatic carbocycles. The first-order valence-corrected chi connectivity index (χ1v) is 13.2. The van der Waals surface area contributed by atoms with Gasteiger partial charge in [-0.3, -0.25) is 0 Å². The quantitative estimate of drug-likeness (QED) is 0.146. The van der Waals surface area contributed by atoms with Crippen LogP contribution in [0.1, 0.15) is 42.0 Å². The summed E-state index contributed by atoms with van der Waals surface area (Å²) in [6.45, 7) is 2.32. The number of ether oxygens (including phenoxy) is 2. The number of allylic oxidation sites excluding steroid dienone is 4. The molecule has 1 aliphatic carbocycles. The second-order valence-corrected chi connectivity index (χ2v) is 9.54. The van der Waals surface area contributed by atoms with E-state index in [2.05, 4.69) is 16.6 Å². The number of hydrogen-bond donors (Lipinski definition) is 0. The van der Waals surface area contributed by atoms with Crippen LogP contribution in [0.4, 0.5) is 43.9 Å². The third-order valence-corrected chi connectivity index (χ3v) is 6.15. The number of benzene rings is 3. The van der Waals surface area contributed by atoms with Crippen molar-refractivity contribution in [2.45, 2.75) is 38.2 Å². The topological polar surface area (TPSA) is 18.5 Å². The molecule has 2 atom stereocenters. The van der Waals surface area contributed by atoms with Gasteiger partial charge in [-0.05, 0) is 42.8 Å². The Morgan fingerprint density at radius 1 is 0.756 bits per heavy atom. The Balaban J connectivity index is 1.53. The highest BCUT2D eigenvalue weighted by Gasteiger charge is 2.41. The number of unbranched alkanes of at least 4 members (excludes halogenated alkanes) is 1. The molecule has 0 saturated heterocycles. The molecule has 0 N–H and O–H groups in total. The van der Waals surface area contributed by atoms with Crippen LogP contribution in [0.25, 0.3) is 0 Å². The van der Waals surface area contributed by atoms with E-state index in [1.165, 1.54) is 12.1 Å². The lowest BCUT2D eigenvalue weighted by Crippen LogP contribution is -2.25. The molecule has 2 nitrogen and oxygen atoms in total. The molecule has 0 aliphatic heterocycles. The average molecular weight is 639 g/mol. The predicted octanol–water partition coefficient (Wildman–Crippen LogP) is 8.91. The molecule has 1 aliphatic rings. The molecule has 0 saturated carbocycles. The summed E-state index contributed by atoms with van der Waals surface area (Å²) in [6.07, 6.45) is -7.01. The van der Waals surface area contributed by atoms with Crippen LogP contribution >= 0.6 is 0 Å². The van der Waals surface area contributed by atoms with E-state index in [0.29, 0.717) is 30.9 Å². The van der Waals surface area contributed by atoms with Gasteiger partial charge in [0.25, 0.3) is 0 Å². The molecule has 2 unspecified atom stereocenters.